The van der Waals surface area contributed by atoms with Crippen molar-refractivity contribution in [3.8, 4) is 5.75 Å². The Morgan fingerprint density at radius 3 is 2.88 bits per heavy atom. The smallest absolute Gasteiger partial charge is 0.224 e. The molecule has 0 fully saturated rings. The van der Waals surface area contributed by atoms with Crippen molar-refractivity contribution < 1.29 is 9.53 Å². The maximum atomic E-state index is 12.4. The number of hydrogen-bond donors (Lipinski definition) is 2. The van der Waals surface area contributed by atoms with E-state index in [1.165, 1.54) is 16.6 Å². The molecule has 0 saturated heterocycles. The summed E-state index contributed by atoms with van der Waals surface area (Å²) in [4.78, 5) is 15.9. The average molecular weight is 334 g/mol. The van der Waals surface area contributed by atoms with Crippen molar-refractivity contribution in [1.82, 2.24) is 10.3 Å². The molecule has 4 rings (SSSR count). The first kappa shape index (κ1) is 15.8. The summed E-state index contributed by atoms with van der Waals surface area (Å²) in [6.45, 7) is 0. The minimum atomic E-state index is 0.0945. The Morgan fingerprint density at radius 1 is 1.24 bits per heavy atom. The van der Waals surface area contributed by atoms with Crippen molar-refractivity contribution in [2.24, 2.45) is 0 Å². The first-order valence-electron chi connectivity index (χ1n) is 8.73. The van der Waals surface area contributed by atoms with Crippen LogP contribution < -0.4 is 10.1 Å². The molecule has 0 spiro atoms. The topological polar surface area (TPSA) is 54.1 Å². The number of aryl methyl sites for hydroxylation is 1. The Kier molecular flexibility index (Phi) is 4.18. The number of benzene rings is 2. The second-order valence-electron chi connectivity index (χ2n) is 6.66. The van der Waals surface area contributed by atoms with Crippen LogP contribution in [0.15, 0.2) is 48.5 Å². The van der Waals surface area contributed by atoms with E-state index in [0.29, 0.717) is 6.42 Å². The molecule has 3 aromatic rings. The van der Waals surface area contributed by atoms with Crippen LogP contribution in [-0.2, 0) is 24.1 Å². The zero-order valence-electron chi connectivity index (χ0n) is 14.3. The minimum Gasteiger partial charge on any atom is -0.497 e. The lowest BCUT2D eigenvalue weighted by Gasteiger charge is -2.23. The summed E-state index contributed by atoms with van der Waals surface area (Å²) >= 11 is 0. The molecule has 1 amide bonds. The van der Waals surface area contributed by atoms with Crippen LogP contribution in [0.4, 0.5) is 0 Å². The van der Waals surface area contributed by atoms with Gasteiger partial charge in [-0.1, -0.05) is 30.3 Å². The number of H-pyrrole nitrogens is 1. The first-order valence-corrected chi connectivity index (χ1v) is 8.73. The molecule has 1 aliphatic rings. The number of aromatic amines is 1. The fourth-order valence-electron chi connectivity index (χ4n) is 3.71. The van der Waals surface area contributed by atoms with Crippen LogP contribution in [0.3, 0.4) is 0 Å². The van der Waals surface area contributed by atoms with Crippen molar-refractivity contribution >= 4 is 16.8 Å². The fraction of sp³-hybridized carbons (Fsp3) is 0.286. The van der Waals surface area contributed by atoms with E-state index in [4.69, 9.17) is 4.74 Å². The largest absolute Gasteiger partial charge is 0.497 e. The van der Waals surface area contributed by atoms with Gasteiger partial charge in [0.2, 0.25) is 5.91 Å². The third kappa shape index (κ3) is 3.25. The molecule has 128 valence electrons. The normalized spacial score (nSPS) is 16.4. The molecular weight excluding hydrogens is 312 g/mol. The van der Waals surface area contributed by atoms with Crippen LogP contribution in [0.1, 0.15) is 23.2 Å². The summed E-state index contributed by atoms with van der Waals surface area (Å²) in [6.07, 6.45) is 3.23. The van der Waals surface area contributed by atoms with Gasteiger partial charge in [-0.3, -0.25) is 4.79 Å². The zero-order chi connectivity index (χ0) is 17.2. The maximum Gasteiger partial charge on any atom is 0.224 e. The van der Waals surface area contributed by atoms with Crippen LogP contribution in [0, 0.1) is 0 Å². The molecule has 1 unspecified atom stereocenters. The number of carbonyl (C=O) groups is 1. The van der Waals surface area contributed by atoms with Gasteiger partial charge in [-0.25, -0.2) is 0 Å². The third-order valence-electron chi connectivity index (χ3n) is 4.97. The number of carbonyl (C=O) groups excluding carboxylic acids is 1. The van der Waals surface area contributed by atoms with Gasteiger partial charge in [0.25, 0.3) is 0 Å². The lowest BCUT2D eigenvalue weighted by Crippen LogP contribution is -2.39. The van der Waals surface area contributed by atoms with Gasteiger partial charge in [0.1, 0.15) is 5.75 Å². The van der Waals surface area contributed by atoms with Crippen LogP contribution in [0.25, 0.3) is 10.9 Å². The SMILES string of the molecule is COc1ccc2[nH]c3c(c2c1)CC(NC(=O)Cc1ccccc1)CC3. The predicted octanol–water partition coefficient (Wildman–Crippen LogP) is 3.39. The summed E-state index contributed by atoms with van der Waals surface area (Å²) < 4.78 is 5.36. The van der Waals surface area contributed by atoms with Crippen molar-refractivity contribution in [2.75, 3.05) is 7.11 Å². The van der Waals surface area contributed by atoms with Gasteiger partial charge >= 0.3 is 0 Å². The zero-order valence-corrected chi connectivity index (χ0v) is 14.3. The van der Waals surface area contributed by atoms with E-state index in [2.05, 4.69) is 22.4 Å². The second-order valence-corrected chi connectivity index (χ2v) is 6.66. The Bertz CT molecular complexity index is 899. The van der Waals surface area contributed by atoms with E-state index < -0.39 is 0 Å². The number of hydrogen-bond acceptors (Lipinski definition) is 2. The van der Waals surface area contributed by atoms with Crippen molar-refractivity contribution in [2.45, 2.75) is 31.7 Å². The second kappa shape index (κ2) is 6.63. The van der Waals surface area contributed by atoms with Crippen LogP contribution >= 0.6 is 0 Å². The Labute approximate surface area is 147 Å². The van der Waals surface area contributed by atoms with Gasteiger partial charge in [-0.2, -0.15) is 0 Å². The lowest BCUT2D eigenvalue weighted by molar-refractivity contribution is -0.121. The van der Waals surface area contributed by atoms with Crippen molar-refractivity contribution in [3.05, 3.63) is 65.4 Å². The number of fused-ring (bicyclic) bond motifs is 3. The first-order chi connectivity index (χ1) is 12.2. The monoisotopic (exact) mass is 334 g/mol. The van der Waals surface area contributed by atoms with E-state index in [-0.39, 0.29) is 11.9 Å². The van der Waals surface area contributed by atoms with Gasteiger partial charge < -0.3 is 15.0 Å². The van der Waals surface area contributed by atoms with Gasteiger partial charge in [0, 0.05) is 22.6 Å². The molecular formula is C21H22N2O2. The molecule has 4 nitrogen and oxygen atoms in total. The highest BCUT2D eigenvalue weighted by Crippen LogP contribution is 2.31. The van der Waals surface area contributed by atoms with Gasteiger partial charge in [-0.15, -0.1) is 0 Å². The molecule has 1 aromatic heterocycles. The maximum absolute atomic E-state index is 12.4. The van der Waals surface area contributed by atoms with Crippen LogP contribution in [0.2, 0.25) is 0 Å². The Morgan fingerprint density at radius 2 is 2.08 bits per heavy atom. The number of ether oxygens (including phenoxy) is 1. The molecule has 4 heteroatoms. The van der Waals surface area contributed by atoms with Gasteiger partial charge in [-0.05, 0) is 48.6 Å². The third-order valence-corrected chi connectivity index (χ3v) is 4.97. The van der Waals surface area contributed by atoms with E-state index in [9.17, 15) is 4.79 Å². The number of methoxy groups -OCH3 is 1. The minimum absolute atomic E-state index is 0.0945. The standard InChI is InChI=1S/C21H22N2O2/c1-25-16-8-10-20-18(13-16)17-12-15(7-9-19(17)23-20)22-21(24)11-14-5-3-2-4-6-14/h2-6,8,10,13,15,23H,7,9,11-12H2,1H3,(H,22,24). The molecule has 0 aliphatic heterocycles. The fourth-order valence-corrected chi connectivity index (χ4v) is 3.71. The highest BCUT2D eigenvalue weighted by molar-refractivity contribution is 5.86. The average Bonchev–Trinajstić information content (AvgIpc) is 2.99. The van der Waals surface area contributed by atoms with Crippen molar-refractivity contribution in [1.29, 1.82) is 0 Å². The van der Waals surface area contributed by atoms with Gasteiger partial charge in [0.05, 0.1) is 13.5 Å². The summed E-state index contributed by atoms with van der Waals surface area (Å²) in [6, 6.07) is 16.2. The summed E-state index contributed by atoms with van der Waals surface area (Å²) in [5, 5.41) is 4.41. The predicted molar refractivity (Wildman–Crippen MR) is 99.0 cm³/mol. The van der Waals surface area contributed by atoms with E-state index in [1.54, 1.807) is 7.11 Å². The molecule has 2 aromatic carbocycles. The number of amides is 1. The van der Waals surface area contributed by atoms with E-state index in [1.807, 2.05) is 36.4 Å². The highest BCUT2D eigenvalue weighted by atomic mass is 16.5. The number of rotatable bonds is 4. The molecule has 0 bridgehead atoms. The summed E-state index contributed by atoms with van der Waals surface area (Å²) in [5.41, 5.74) is 4.79. The van der Waals surface area contributed by atoms with Crippen molar-refractivity contribution in [3.63, 3.8) is 0 Å². The molecule has 1 heterocycles. The molecule has 0 radical (unpaired) electrons. The molecule has 25 heavy (non-hydrogen) atoms. The van der Waals surface area contributed by atoms with E-state index >= 15 is 0 Å². The molecule has 1 atom stereocenters. The summed E-state index contributed by atoms with van der Waals surface area (Å²) in [7, 11) is 1.69. The lowest BCUT2D eigenvalue weighted by atomic mass is 9.91. The van der Waals surface area contributed by atoms with Crippen LogP contribution in [0.5, 0.6) is 5.75 Å². The Hall–Kier alpha value is -2.75. The van der Waals surface area contributed by atoms with E-state index in [0.717, 1.165) is 36.1 Å². The molecule has 2 N–H and O–H groups in total. The molecule has 1 aliphatic carbocycles. The molecule has 0 saturated carbocycles. The summed E-state index contributed by atoms with van der Waals surface area (Å²) in [5.74, 6) is 0.960. The quantitative estimate of drug-likeness (QED) is 0.768. The van der Waals surface area contributed by atoms with Crippen LogP contribution in [-0.4, -0.2) is 24.0 Å². The number of nitrogens with one attached hydrogen (secondary N) is 2. The number of aromatic nitrogens is 1. The highest BCUT2D eigenvalue weighted by Gasteiger charge is 2.24. The van der Waals surface area contributed by atoms with Gasteiger partial charge in [0.15, 0.2) is 0 Å². The Balaban J connectivity index is 1.49.